The summed E-state index contributed by atoms with van der Waals surface area (Å²) in [6.07, 6.45) is 0. The second kappa shape index (κ2) is 7.64. The summed E-state index contributed by atoms with van der Waals surface area (Å²) < 4.78 is 10.4. The van der Waals surface area contributed by atoms with Crippen LogP contribution in [-0.4, -0.2) is 40.3 Å². The smallest absolute Gasteiger partial charge is 0.250 e. The fraction of sp³-hybridized carbons (Fsp3) is 0.222. The number of amides is 1. The third-order valence-corrected chi connectivity index (χ3v) is 3.81. The summed E-state index contributed by atoms with van der Waals surface area (Å²) in [5.74, 6) is 1.35. The van der Waals surface area contributed by atoms with Crippen molar-refractivity contribution in [2.75, 3.05) is 19.5 Å². The Morgan fingerprint density at radius 1 is 1.08 bits per heavy atom. The van der Waals surface area contributed by atoms with Gasteiger partial charge in [-0.15, -0.1) is 10.2 Å². The molecule has 0 saturated heterocycles. The Labute approximate surface area is 150 Å². The van der Waals surface area contributed by atoms with Crippen molar-refractivity contribution < 1.29 is 14.3 Å². The van der Waals surface area contributed by atoms with Crippen molar-refractivity contribution in [2.45, 2.75) is 13.0 Å². The van der Waals surface area contributed by atoms with E-state index in [1.54, 1.807) is 39.3 Å². The maximum absolute atomic E-state index is 12.5. The minimum atomic E-state index is -0.642. The number of rotatable bonds is 6. The van der Waals surface area contributed by atoms with E-state index in [4.69, 9.17) is 9.47 Å². The van der Waals surface area contributed by atoms with Crippen LogP contribution in [0.4, 0.5) is 5.69 Å². The molecule has 0 fully saturated rings. The van der Waals surface area contributed by atoms with Gasteiger partial charge in [-0.2, -0.15) is 4.80 Å². The average molecular weight is 353 g/mol. The Bertz CT molecular complexity index is 873. The van der Waals surface area contributed by atoms with Crippen LogP contribution in [0.1, 0.15) is 13.0 Å². The van der Waals surface area contributed by atoms with E-state index in [0.717, 1.165) is 5.56 Å². The Hall–Kier alpha value is -3.42. The summed E-state index contributed by atoms with van der Waals surface area (Å²) in [6.45, 7) is 1.70. The summed E-state index contributed by atoms with van der Waals surface area (Å²) in [7, 11) is 3.10. The van der Waals surface area contributed by atoms with E-state index in [2.05, 4.69) is 20.7 Å². The first-order valence-corrected chi connectivity index (χ1v) is 7.99. The van der Waals surface area contributed by atoms with Crippen LogP contribution < -0.4 is 14.8 Å². The van der Waals surface area contributed by atoms with Gasteiger partial charge in [0.2, 0.25) is 5.82 Å². The number of nitrogens with zero attached hydrogens (tertiary/aromatic N) is 4. The number of carbonyl (C=O) groups is 1. The molecule has 1 amide bonds. The van der Waals surface area contributed by atoms with Gasteiger partial charge < -0.3 is 14.8 Å². The number of hydrogen-bond acceptors (Lipinski definition) is 6. The number of ether oxygens (including phenoxy) is 2. The molecule has 1 aromatic heterocycles. The molecule has 1 heterocycles. The summed E-state index contributed by atoms with van der Waals surface area (Å²) in [5, 5.41) is 15.1. The van der Waals surface area contributed by atoms with E-state index >= 15 is 0 Å². The maximum Gasteiger partial charge on any atom is 0.250 e. The third kappa shape index (κ3) is 3.80. The van der Waals surface area contributed by atoms with Crippen LogP contribution >= 0.6 is 0 Å². The quantitative estimate of drug-likeness (QED) is 0.732. The summed E-state index contributed by atoms with van der Waals surface area (Å²) in [5.41, 5.74) is 1.39. The van der Waals surface area contributed by atoms with E-state index in [0.29, 0.717) is 23.0 Å². The molecule has 0 aliphatic heterocycles. The van der Waals surface area contributed by atoms with Gasteiger partial charge in [-0.25, -0.2) is 0 Å². The molecule has 1 unspecified atom stereocenters. The van der Waals surface area contributed by atoms with Crippen LogP contribution in [0.25, 0.3) is 11.4 Å². The monoisotopic (exact) mass is 353 g/mol. The SMILES string of the molecule is COc1cc(NC(=O)C(C)n2nnc(-c3ccccc3)n2)cc(OC)c1. The minimum absolute atomic E-state index is 0.280. The van der Waals surface area contributed by atoms with Gasteiger partial charge >= 0.3 is 0 Å². The number of anilines is 1. The molecular formula is C18H19N5O3. The topological polar surface area (TPSA) is 91.2 Å². The molecule has 0 bridgehead atoms. The van der Waals surface area contributed by atoms with Crippen molar-refractivity contribution in [3.8, 4) is 22.9 Å². The molecule has 1 N–H and O–H groups in total. The van der Waals surface area contributed by atoms with Gasteiger partial charge in [0.15, 0.2) is 0 Å². The number of tetrazole rings is 1. The zero-order chi connectivity index (χ0) is 18.5. The Balaban J connectivity index is 1.75. The molecule has 0 spiro atoms. The molecule has 1 atom stereocenters. The van der Waals surface area contributed by atoms with Crippen LogP contribution in [0, 0.1) is 0 Å². The zero-order valence-electron chi connectivity index (χ0n) is 14.7. The first kappa shape index (κ1) is 17.4. The standard InChI is InChI=1S/C18H19N5O3/c1-12(23-21-17(20-22-23)13-7-5-4-6-8-13)18(24)19-14-9-15(25-2)11-16(10-14)26-3/h4-12H,1-3H3,(H,19,24). The molecule has 3 rings (SSSR count). The molecule has 8 heteroatoms. The fourth-order valence-corrected chi connectivity index (χ4v) is 2.32. The normalized spacial score (nSPS) is 11.7. The number of nitrogens with one attached hydrogen (secondary N) is 1. The van der Waals surface area contributed by atoms with Crippen molar-refractivity contribution >= 4 is 11.6 Å². The van der Waals surface area contributed by atoms with Gasteiger partial charge in [0, 0.05) is 29.4 Å². The predicted molar refractivity (Wildman–Crippen MR) is 96.1 cm³/mol. The van der Waals surface area contributed by atoms with Gasteiger partial charge in [0.05, 0.1) is 14.2 Å². The van der Waals surface area contributed by atoms with Crippen LogP contribution in [0.3, 0.4) is 0 Å². The van der Waals surface area contributed by atoms with Crippen molar-refractivity contribution in [1.29, 1.82) is 0 Å². The minimum Gasteiger partial charge on any atom is -0.497 e. The van der Waals surface area contributed by atoms with E-state index < -0.39 is 6.04 Å². The lowest BCUT2D eigenvalue weighted by molar-refractivity contribution is -0.119. The van der Waals surface area contributed by atoms with Gasteiger partial charge in [-0.1, -0.05) is 30.3 Å². The number of hydrogen-bond donors (Lipinski definition) is 1. The molecule has 0 saturated carbocycles. The molecular weight excluding hydrogens is 334 g/mol. The largest absolute Gasteiger partial charge is 0.497 e. The third-order valence-electron chi connectivity index (χ3n) is 3.81. The first-order valence-electron chi connectivity index (χ1n) is 7.99. The number of carbonyl (C=O) groups excluding carboxylic acids is 1. The Kier molecular flexibility index (Phi) is 5.12. The highest BCUT2D eigenvalue weighted by atomic mass is 16.5. The van der Waals surface area contributed by atoms with Crippen LogP contribution in [0.15, 0.2) is 48.5 Å². The molecule has 0 aliphatic carbocycles. The summed E-state index contributed by atoms with van der Waals surface area (Å²) in [4.78, 5) is 13.8. The van der Waals surface area contributed by atoms with Crippen LogP contribution in [0.5, 0.6) is 11.5 Å². The predicted octanol–water partition coefficient (Wildman–Crippen LogP) is 2.56. The molecule has 0 aliphatic rings. The first-order chi connectivity index (χ1) is 12.6. The van der Waals surface area contributed by atoms with Crippen molar-refractivity contribution in [3.63, 3.8) is 0 Å². The highest BCUT2D eigenvalue weighted by Crippen LogP contribution is 2.26. The molecule has 134 valence electrons. The molecule has 3 aromatic rings. The number of aromatic nitrogens is 4. The molecule has 26 heavy (non-hydrogen) atoms. The second-order valence-corrected chi connectivity index (χ2v) is 5.57. The average Bonchev–Trinajstić information content (AvgIpc) is 3.17. The summed E-state index contributed by atoms with van der Waals surface area (Å²) >= 11 is 0. The van der Waals surface area contributed by atoms with Crippen molar-refractivity contribution in [1.82, 2.24) is 20.2 Å². The van der Waals surface area contributed by atoms with Crippen LogP contribution in [0.2, 0.25) is 0 Å². The number of methoxy groups -OCH3 is 2. The highest BCUT2D eigenvalue weighted by molar-refractivity contribution is 5.93. The molecule has 0 radical (unpaired) electrons. The second-order valence-electron chi connectivity index (χ2n) is 5.57. The maximum atomic E-state index is 12.5. The fourth-order valence-electron chi connectivity index (χ4n) is 2.32. The van der Waals surface area contributed by atoms with Crippen LogP contribution in [-0.2, 0) is 4.79 Å². The van der Waals surface area contributed by atoms with E-state index in [1.165, 1.54) is 4.80 Å². The number of benzene rings is 2. The molecule has 2 aromatic carbocycles. The van der Waals surface area contributed by atoms with Crippen molar-refractivity contribution in [2.24, 2.45) is 0 Å². The van der Waals surface area contributed by atoms with E-state index in [1.807, 2.05) is 30.3 Å². The molecule has 8 nitrogen and oxygen atoms in total. The zero-order valence-corrected chi connectivity index (χ0v) is 14.7. The van der Waals surface area contributed by atoms with Gasteiger partial charge in [-0.05, 0) is 12.1 Å². The Morgan fingerprint density at radius 2 is 1.73 bits per heavy atom. The lowest BCUT2D eigenvalue weighted by Gasteiger charge is -2.13. The summed E-state index contributed by atoms with van der Waals surface area (Å²) in [6, 6.07) is 14.0. The van der Waals surface area contributed by atoms with Gasteiger partial charge in [-0.3, -0.25) is 4.79 Å². The van der Waals surface area contributed by atoms with E-state index in [-0.39, 0.29) is 5.91 Å². The lowest BCUT2D eigenvalue weighted by Crippen LogP contribution is -2.25. The lowest BCUT2D eigenvalue weighted by atomic mass is 10.2. The van der Waals surface area contributed by atoms with Gasteiger partial charge in [0.1, 0.15) is 17.5 Å². The van der Waals surface area contributed by atoms with Crippen molar-refractivity contribution in [3.05, 3.63) is 48.5 Å². The van der Waals surface area contributed by atoms with Gasteiger partial charge in [0.25, 0.3) is 5.91 Å². The van der Waals surface area contributed by atoms with E-state index in [9.17, 15) is 4.79 Å². The highest BCUT2D eigenvalue weighted by Gasteiger charge is 2.19. The Morgan fingerprint density at radius 3 is 2.35 bits per heavy atom.